The van der Waals surface area contributed by atoms with Gasteiger partial charge >= 0.3 is 0 Å². The second kappa shape index (κ2) is 6.61. The van der Waals surface area contributed by atoms with E-state index >= 15 is 0 Å². The van der Waals surface area contributed by atoms with E-state index in [1.54, 1.807) is 18.0 Å². The quantitative estimate of drug-likeness (QED) is 0.673. The molecule has 0 aliphatic heterocycles. The fraction of sp³-hybridized carbons (Fsp3) is 0.188. The summed E-state index contributed by atoms with van der Waals surface area (Å²) in [5, 5.41) is 0.681. The number of amides is 1. The van der Waals surface area contributed by atoms with Gasteiger partial charge in [-0.2, -0.15) is 0 Å². The Labute approximate surface area is 129 Å². The van der Waals surface area contributed by atoms with Crippen molar-refractivity contribution in [2.24, 2.45) is 5.84 Å². The fourth-order valence-corrected chi connectivity index (χ4v) is 2.23. The van der Waals surface area contributed by atoms with Crippen LogP contribution in [-0.2, 0) is 6.54 Å². The van der Waals surface area contributed by atoms with Gasteiger partial charge in [0.1, 0.15) is 0 Å². The molecule has 3 N–H and O–H groups in total. The molecule has 2 aromatic carbocycles. The highest BCUT2D eigenvalue weighted by atomic mass is 35.5. The van der Waals surface area contributed by atoms with E-state index < -0.39 is 0 Å². The van der Waals surface area contributed by atoms with Gasteiger partial charge in [-0.25, -0.2) is 0 Å². The first-order valence-corrected chi connectivity index (χ1v) is 6.96. The molecule has 21 heavy (non-hydrogen) atoms. The van der Waals surface area contributed by atoms with Crippen LogP contribution in [0.1, 0.15) is 21.5 Å². The molecular weight excluding hydrogens is 286 g/mol. The maximum Gasteiger partial charge on any atom is 0.256 e. The maximum atomic E-state index is 12.5. The molecule has 0 saturated carbocycles. The number of halogens is 1. The summed E-state index contributed by atoms with van der Waals surface area (Å²) >= 11 is 5.86. The zero-order valence-electron chi connectivity index (χ0n) is 12.1. The molecule has 0 radical (unpaired) electrons. The first-order valence-electron chi connectivity index (χ1n) is 6.58. The highest BCUT2D eigenvalue weighted by Gasteiger charge is 2.15. The van der Waals surface area contributed by atoms with Crippen molar-refractivity contribution in [3.05, 3.63) is 64.2 Å². The van der Waals surface area contributed by atoms with Crippen LogP contribution in [0.2, 0.25) is 5.02 Å². The lowest BCUT2D eigenvalue weighted by molar-refractivity contribution is 0.0786. The Morgan fingerprint density at radius 2 is 1.90 bits per heavy atom. The average Bonchev–Trinajstić information content (AvgIpc) is 2.48. The first kappa shape index (κ1) is 15.4. The normalized spacial score (nSPS) is 10.3. The second-order valence-corrected chi connectivity index (χ2v) is 5.42. The van der Waals surface area contributed by atoms with E-state index in [1.807, 2.05) is 43.3 Å². The highest BCUT2D eigenvalue weighted by molar-refractivity contribution is 6.30. The predicted molar refractivity (Wildman–Crippen MR) is 86.2 cm³/mol. The van der Waals surface area contributed by atoms with Crippen LogP contribution in [0.5, 0.6) is 0 Å². The molecule has 2 aromatic rings. The molecular formula is C16H18ClN3O. The predicted octanol–water partition coefficient (Wildman–Crippen LogP) is 3.21. The molecule has 0 fully saturated rings. The first-order chi connectivity index (χ1) is 10.0. The van der Waals surface area contributed by atoms with Crippen molar-refractivity contribution in [2.75, 3.05) is 12.5 Å². The molecule has 110 valence electrons. The molecule has 4 nitrogen and oxygen atoms in total. The molecule has 0 aliphatic rings. The van der Waals surface area contributed by atoms with Crippen LogP contribution in [0.3, 0.4) is 0 Å². The third-order valence-corrected chi connectivity index (χ3v) is 3.49. The number of nitrogen functional groups attached to an aromatic ring is 1. The van der Waals surface area contributed by atoms with Crippen molar-refractivity contribution in [3.8, 4) is 0 Å². The molecule has 0 spiro atoms. The molecule has 0 aliphatic carbocycles. The van der Waals surface area contributed by atoms with Crippen LogP contribution in [0.25, 0.3) is 0 Å². The van der Waals surface area contributed by atoms with Crippen molar-refractivity contribution >= 4 is 23.2 Å². The minimum Gasteiger partial charge on any atom is -0.337 e. The summed E-state index contributed by atoms with van der Waals surface area (Å²) in [6.45, 7) is 2.46. The van der Waals surface area contributed by atoms with Gasteiger partial charge in [0.25, 0.3) is 5.91 Å². The van der Waals surface area contributed by atoms with Crippen LogP contribution < -0.4 is 11.3 Å². The van der Waals surface area contributed by atoms with Crippen molar-refractivity contribution < 1.29 is 4.79 Å². The van der Waals surface area contributed by atoms with E-state index in [0.717, 1.165) is 11.1 Å². The monoisotopic (exact) mass is 303 g/mol. The van der Waals surface area contributed by atoms with Crippen LogP contribution in [0.15, 0.2) is 42.5 Å². The van der Waals surface area contributed by atoms with E-state index in [2.05, 4.69) is 5.43 Å². The molecule has 0 bridgehead atoms. The van der Waals surface area contributed by atoms with E-state index in [-0.39, 0.29) is 5.91 Å². The number of carbonyl (C=O) groups excluding carboxylic acids is 1. The third-order valence-electron chi connectivity index (χ3n) is 3.24. The smallest absolute Gasteiger partial charge is 0.256 e. The molecule has 5 heteroatoms. The minimum atomic E-state index is -0.0853. The lowest BCUT2D eigenvalue weighted by Crippen LogP contribution is -2.27. The molecule has 1 amide bonds. The van der Waals surface area contributed by atoms with E-state index in [9.17, 15) is 4.79 Å². The Bertz CT molecular complexity index is 640. The molecule has 0 unspecified atom stereocenters. The number of nitrogens with two attached hydrogens (primary N) is 1. The van der Waals surface area contributed by atoms with Gasteiger partial charge in [0.2, 0.25) is 0 Å². The molecule has 0 saturated heterocycles. The van der Waals surface area contributed by atoms with Crippen LogP contribution in [0.4, 0.5) is 5.69 Å². The molecule has 2 rings (SSSR count). The third kappa shape index (κ3) is 3.74. The van der Waals surface area contributed by atoms with Gasteiger partial charge in [0.05, 0.1) is 11.3 Å². The molecule has 0 heterocycles. The summed E-state index contributed by atoms with van der Waals surface area (Å²) in [6.07, 6.45) is 0. The van der Waals surface area contributed by atoms with Crippen LogP contribution >= 0.6 is 11.6 Å². The Kier molecular flexibility index (Phi) is 4.83. The fourth-order valence-electron chi connectivity index (χ4n) is 2.11. The largest absolute Gasteiger partial charge is 0.337 e. The topological polar surface area (TPSA) is 58.4 Å². The van der Waals surface area contributed by atoms with Crippen LogP contribution in [0, 0.1) is 6.92 Å². The van der Waals surface area contributed by atoms with Crippen molar-refractivity contribution in [3.63, 3.8) is 0 Å². The SMILES string of the molecule is Cc1ccc(C(=O)N(C)Cc2ccc(Cl)cc2)c(NN)c1. The summed E-state index contributed by atoms with van der Waals surface area (Å²) in [5.41, 5.74) is 5.82. The zero-order chi connectivity index (χ0) is 15.4. The number of nitrogens with zero attached hydrogens (tertiary/aromatic N) is 1. The highest BCUT2D eigenvalue weighted by Crippen LogP contribution is 2.19. The van der Waals surface area contributed by atoms with Crippen LogP contribution in [-0.4, -0.2) is 17.9 Å². The zero-order valence-corrected chi connectivity index (χ0v) is 12.8. The second-order valence-electron chi connectivity index (χ2n) is 4.98. The van der Waals surface area contributed by atoms with Gasteiger partial charge in [-0.3, -0.25) is 10.6 Å². The molecule has 0 aromatic heterocycles. The number of hydrogen-bond donors (Lipinski definition) is 2. The Morgan fingerprint density at radius 3 is 2.52 bits per heavy atom. The molecule has 0 atom stereocenters. The van der Waals surface area contributed by atoms with Gasteiger partial charge < -0.3 is 10.3 Å². The number of nitrogens with one attached hydrogen (secondary N) is 1. The van der Waals surface area contributed by atoms with Crippen molar-refractivity contribution in [1.29, 1.82) is 0 Å². The number of aryl methyl sites for hydroxylation is 1. The summed E-state index contributed by atoms with van der Waals surface area (Å²) in [6, 6.07) is 13.0. The average molecular weight is 304 g/mol. The standard InChI is InChI=1S/C16H18ClN3O/c1-11-3-8-14(15(9-11)19-18)16(21)20(2)10-12-4-6-13(17)7-5-12/h3-9,19H,10,18H2,1-2H3. The number of carbonyl (C=O) groups is 1. The van der Waals surface area contributed by atoms with Gasteiger partial charge in [-0.1, -0.05) is 29.8 Å². The minimum absolute atomic E-state index is 0.0853. The van der Waals surface area contributed by atoms with E-state index in [4.69, 9.17) is 17.4 Å². The Hall–Kier alpha value is -2.04. The number of hydrogen-bond acceptors (Lipinski definition) is 3. The number of benzene rings is 2. The van der Waals surface area contributed by atoms with Gasteiger partial charge in [0, 0.05) is 18.6 Å². The van der Waals surface area contributed by atoms with Crippen molar-refractivity contribution in [2.45, 2.75) is 13.5 Å². The summed E-state index contributed by atoms with van der Waals surface area (Å²) < 4.78 is 0. The van der Waals surface area contributed by atoms with E-state index in [1.165, 1.54) is 0 Å². The summed E-state index contributed by atoms with van der Waals surface area (Å²) in [5.74, 6) is 5.41. The van der Waals surface area contributed by atoms with Gasteiger partial charge in [-0.15, -0.1) is 0 Å². The van der Waals surface area contributed by atoms with E-state index in [0.29, 0.717) is 22.8 Å². The van der Waals surface area contributed by atoms with Gasteiger partial charge in [-0.05, 0) is 42.3 Å². The lowest BCUT2D eigenvalue weighted by Gasteiger charge is -2.19. The van der Waals surface area contributed by atoms with Crippen molar-refractivity contribution in [1.82, 2.24) is 4.90 Å². The number of anilines is 1. The Morgan fingerprint density at radius 1 is 1.24 bits per heavy atom. The number of rotatable bonds is 4. The summed E-state index contributed by atoms with van der Waals surface area (Å²) in [7, 11) is 1.76. The number of hydrazine groups is 1. The Balaban J connectivity index is 2.17. The summed E-state index contributed by atoms with van der Waals surface area (Å²) in [4.78, 5) is 14.2. The lowest BCUT2D eigenvalue weighted by atomic mass is 10.1. The van der Waals surface area contributed by atoms with Gasteiger partial charge in [0.15, 0.2) is 0 Å². The maximum absolute atomic E-state index is 12.5.